The van der Waals surface area contributed by atoms with Crippen molar-refractivity contribution in [3.63, 3.8) is 0 Å². The highest BCUT2D eigenvalue weighted by atomic mass is 35.5. The van der Waals surface area contributed by atoms with Crippen LogP contribution in [0, 0.1) is 5.41 Å². The highest BCUT2D eigenvalue weighted by Crippen LogP contribution is 2.22. The molecule has 16 heteroatoms. The molecule has 0 heterocycles. The summed E-state index contributed by atoms with van der Waals surface area (Å²) >= 11 is 7.55. The lowest BCUT2D eigenvalue weighted by molar-refractivity contribution is -0.1000. The maximum atomic E-state index is 6.16. The summed E-state index contributed by atoms with van der Waals surface area (Å²) in [5.41, 5.74) is 22.1. The molecule has 0 aliphatic carbocycles. The van der Waals surface area contributed by atoms with Gasteiger partial charge in [0, 0.05) is 23.0 Å². The molecule has 0 saturated carbocycles. The predicted molar refractivity (Wildman–Crippen MR) is 199 cm³/mol. The topological polar surface area (TPSA) is 141 Å². The third-order valence-electron chi connectivity index (χ3n) is 5.09. The zero-order chi connectivity index (χ0) is 27.1. The third kappa shape index (κ3) is 38.3. The Balaban J connectivity index is -0.00000108. The molecule has 0 aliphatic heterocycles. The average Bonchev–Trinajstić information content (AvgIpc) is 2.91. The van der Waals surface area contributed by atoms with Gasteiger partial charge < -0.3 is 41.9 Å². The molecular weight excluding hydrogens is 690 g/mol. The molecule has 8 nitrogen and oxygen atoms in total. The van der Waals surface area contributed by atoms with Crippen molar-refractivity contribution in [2.75, 3.05) is 125 Å². The van der Waals surface area contributed by atoms with Crippen LogP contribution in [0.2, 0.25) is 0 Å². The minimum atomic E-state index is -0.326. The lowest BCUT2D eigenvalue weighted by atomic mass is 9.92. The summed E-state index contributed by atoms with van der Waals surface area (Å²) in [5, 5.41) is 0. The molecule has 0 atom stereocenters. The van der Waals surface area contributed by atoms with E-state index >= 15 is 0 Å². The van der Waals surface area contributed by atoms with E-state index in [0.29, 0.717) is 52.9 Å². The summed E-state index contributed by atoms with van der Waals surface area (Å²) in [6, 6.07) is 0. The van der Waals surface area contributed by atoms with Crippen molar-refractivity contribution in [3.8, 4) is 0 Å². The molecule has 0 spiro atoms. The zero-order valence-electron chi connectivity index (χ0n) is 24.7. The van der Waals surface area contributed by atoms with E-state index in [0.717, 1.165) is 97.9 Å². The Morgan fingerprint density at radius 3 is 0.780 bits per heavy atom. The Hall–Kier alpha value is 2.24. The van der Waals surface area contributed by atoms with Crippen LogP contribution in [0.25, 0.3) is 0 Å². The Kier molecular flexibility index (Phi) is 57.1. The first-order valence-corrected chi connectivity index (χ1v) is 18.3. The molecule has 0 saturated heterocycles. The number of nitrogens with two attached hydrogens (primary N) is 4. The maximum Gasteiger partial charge on any atom is 0.0637 e. The number of halogens is 4. The second-order valence-corrected chi connectivity index (χ2v) is 13.6. The monoisotopic (exact) mass is 748 g/mol. The molecule has 0 aliphatic rings. The summed E-state index contributed by atoms with van der Waals surface area (Å²) in [6.07, 6.45) is 4.17. The van der Waals surface area contributed by atoms with Gasteiger partial charge in [-0.3, -0.25) is 0 Å². The van der Waals surface area contributed by atoms with Crippen molar-refractivity contribution in [3.05, 3.63) is 0 Å². The zero-order valence-corrected chi connectivity index (χ0v) is 31.2. The lowest BCUT2D eigenvalue weighted by Gasteiger charge is -2.33. The summed E-state index contributed by atoms with van der Waals surface area (Å²) in [4.78, 5) is 0. The van der Waals surface area contributed by atoms with E-state index in [1.165, 1.54) is 0 Å². The average molecular weight is 751 g/mol. The molecule has 8 N–H and O–H groups in total. The van der Waals surface area contributed by atoms with Crippen LogP contribution >= 0.6 is 96.7 Å². The molecule has 0 aromatic carbocycles. The molecule has 0 amide bonds. The summed E-state index contributed by atoms with van der Waals surface area (Å²) in [6.45, 7) is 8.01. The van der Waals surface area contributed by atoms with E-state index in [2.05, 4.69) is 0 Å². The van der Waals surface area contributed by atoms with E-state index in [1.807, 2.05) is 47.0 Å². The molecule has 0 unspecified atom stereocenters. The standard InChI is InChI=1S/C25H56N4O4S4.4ClH/c26-5-1-13-34-17-9-30-21-25(22-31-10-18-35-14-2-6-27,23-32-11-19-36-15-3-7-28)24-33-12-20-37-16-4-8-29;;;;/h1-24,26-29H2;4*1H. The minimum Gasteiger partial charge on any atom is -0.380 e. The molecule has 0 fully saturated rings. The highest BCUT2D eigenvalue weighted by Gasteiger charge is 2.32. The van der Waals surface area contributed by atoms with Gasteiger partial charge >= 0.3 is 0 Å². The fourth-order valence-corrected chi connectivity index (χ4v) is 6.27. The predicted octanol–water partition coefficient (Wildman–Crippen LogP) is 4.05. The number of thioether (sulfide) groups is 4. The molecule has 0 aromatic rings. The van der Waals surface area contributed by atoms with Crippen LogP contribution < -0.4 is 22.9 Å². The van der Waals surface area contributed by atoms with E-state index < -0.39 is 0 Å². The van der Waals surface area contributed by atoms with Gasteiger partial charge in [0.25, 0.3) is 0 Å². The van der Waals surface area contributed by atoms with Crippen molar-refractivity contribution in [1.82, 2.24) is 0 Å². The highest BCUT2D eigenvalue weighted by molar-refractivity contribution is 7.99. The van der Waals surface area contributed by atoms with Gasteiger partial charge in [0.15, 0.2) is 0 Å². The molecule has 256 valence electrons. The van der Waals surface area contributed by atoms with Gasteiger partial charge in [0.2, 0.25) is 0 Å². The lowest BCUT2D eigenvalue weighted by Crippen LogP contribution is -2.42. The van der Waals surface area contributed by atoms with Gasteiger partial charge in [-0.15, -0.1) is 49.6 Å². The molecular formula is C25H60Cl4N4O4S4. The van der Waals surface area contributed by atoms with E-state index in [9.17, 15) is 0 Å². The minimum absolute atomic E-state index is 0. The van der Waals surface area contributed by atoms with Crippen LogP contribution in [0.1, 0.15) is 25.7 Å². The SMILES string of the molecule is Cl.Cl.Cl.Cl.NCCCSCCOCC(COCCSCCCN)(COCCSCCCN)COCCSCCCN. The molecule has 41 heavy (non-hydrogen) atoms. The van der Waals surface area contributed by atoms with Gasteiger partial charge in [0.05, 0.1) is 58.3 Å². The van der Waals surface area contributed by atoms with Crippen LogP contribution in [0.3, 0.4) is 0 Å². The van der Waals surface area contributed by atoms with Gasteiger partial charge in [0.1, 0.15) is 0 Å². The van der Waals surface area contributed by atoms with Crippen molar-refractivity contribution in [2.45, 2.75) is 25.7 Å². The second-order valence-electron chi connectivity index (χ2n) is 8.73. The van der Waals surface area contributed by atoms with E-state index in [-0.39, 0.29) is 55.0 Å². The quantitative estimate of drug-likeness (QED) is 0.0738. The molecule has 0 rings (SSSR count). The summed E-state index contributed by atoms with van der Waals surface area (Å²) in [5.74, 6) is 8.16. The van der Waals surface area contributed by atoms with Gasteiger partial charge in [-0.2, -0.15) is 47.0 Å². The van der Waals surface area contributed by atoms with Crippen LogP contribution in [-0.4, -0.2) is 125 Å². The normalized spacial score (nSPS) is 10.8. The third-order valence-corrected chi connectivity index (χ3v) is 9.22. The van der Waals surface area contributed by atoms with E-state index in [4.69, 9.17) is 41.9 Å². The van der Waals surface area contributed by atoms with Gasteiger partial charge in [-0.05, 0) is 74.9 Å². The molecule has 0 radical (unpaired) electrons. The van der Waals surface area contributed by atoms with E-state index in [1.54, 1.807) is 0 Å². The Labute approximate surface area is 292 Å². The number of hydrogen-bond acceptors (Lipinski definition) is 12. The fraction of sp³-hybridized carbons (Fsp3) is 1.00. The van der Waals surface area contributed by atoms with Crippen molar-refractivity contribution >= 4 is 96.7 Å². The first-order valence-electron chi connectivity index (χ1n) is 13.7. The Morgan fingerprint density at radius 2 is 0.585 bits per heavy atom. The summed E-state index contributed by atoms with van der Waals surface area (Å²) in [7, 11) is 0. The Morgan fingerprint density at radius 1 is 0.366 bits per heavy atom. The number of ether oxygens (including phenoxy) is 4. The summed E-state index contributed by atoms with van der Waals surface area (Å²) < 4.78 is 24.6. The fourth-order valence-electron chi connectivity index (χ4n) is 3.03. The van der Waals surface area contributed by atoms with Crippen molar-refractivity contribution < 1.29 is 18.9 Å². The van der Waals surface area contributed by atoms with Crippen LogP contribution in [0.15, 0.2) is 0 Å². The molecule has 0 aromatic heterocycles. The van der Waals surface area contributed by atoms with Crippen molar-refractivity contribution in [2.24, 2.45) is 28.3 Å². The van der Waals surface area contributed by atoms with Gasteiger partial charge in [-0.1, -0.05) is 0 Å². The van der Waals surface area contributed by atoms with Crippen LogP contribution in [0.4, 0.5) is 0 Å². The number of hydrogen-bond donors (Lipinski definition) is 4. The first-order chi connectivity index (χ1) is 18.2. The smallest absolute Gasteiger partial charge is 0.0637 e. The van der Waals surface area contributed by atoms with Crippen molar-refractivity contribution in [1.29, 1.82) is 0 Å². The maximum absolute atomic E-state index is 6.16. The first kappa shape index (κ1) is 52.8. The van der Waals surface area contributed by atoms with Gasteiger partial charge in [-0.25, -0.2) is 0 Å². The number of rotatable bonds is 32. The molecule has 0 bridgehead atoms. The largest absolute Gasteiger partial charge is 0.380 e. The second kappa shape index (κ2) is 44.4. The Bertz CT molecular complexity index is 391. The van der Waals surface area contributed by atoms with Crippen LogP contribution in [-0.2, 0) is 18.9 Å². The van der Waals surface area contributed by atoms with Crippen LogP contribution in [0.5, 0.6) is 0 Å².